The summed E-state index contributed by atoms with van der Waals surface area (Å²) in [6, 6.07) is -0.580. The molecule has 0 bridgehead atoms. The third-order valence-corrected chi connectivity index (χ3v) is 8.55. The second kappa shape index (κ2) is 9.43. The van der Waals surface area contributed by atoms with Gasteiger partial charge in [-0.3, -0.25) is 0 Å². The molecule has 0 saturated carbocycles. The van der Waals surface area contributed by atoms with Crippen LogP contribution in [0, 0.1) is 11.8 Å². The molecule has 0 amide bonds. The van der Waals surface area contributed by atoms with E-state index < -0.39 is 27.4 Å². The zero-order valence-corrected chi connectivity index (χ0v) is 20.4. The van der Waals surface area contributed by atoms with Crippen molar-refractivity contribution in [2.75, 3.05) is 24.7 Å². The predicted octanol–water partition coefficient (Wildman–Crippen LogP) is 2.27. The second-order valence-corrected chi connectivity index (χ2v) is 11.6. The molecule has 2 aliphatic rings. The molecular weight excluding hydrogens is 438 g/mol. The van der Waals surface area contributed by atoms with E-state index in [9.17, 15) is 13.5 Å². The predicted molar refractivity (Wildman–Crippen MR) is 124 cm³/mol. The molecule has 0 radical (unpaired) electrons. The summed E-state index contributed by atoms with van der Waals surface area (Å²) in [7, 11) is -0.709. The van der Waals surface area contributed by atoms with Crippen molar-refractivity contribution in [1.82, 2.24) is 13.1 Å². The van der Waals surface area contributed by atoms with Gasteiger partial charge in [0.1, 0.15) is 17.1 Å². The van der Waals surface area contributed by atoms with Crippen LogP contribution in [0.1, 0.15) is 34.1 Å². The van der Waals surface area contributed by atoms with Crippen LogP contribution in [0.2, 0.25) is 0 Å². The number of anilines is 2. The monoisotopic (exact) mass is 471 g/mol. The Bertz CT molecular complexity index is 928. The summed E-state index contributed by atoms with van der Waals surface area (Å²) < 4.78 is 41.0. The van der Waals surface area contributed by atoms with Gasteiger partial charge in [-0.2, -0.15) is 8.75 Å². The van der Waals surface area contributed by atoms with Crippen molar-refractivity contribution in [3.8, 4) is 0 Å². The SMILES string of the molecule is CC(C)C(Nc1nsnc1NC1CC=CC(S(=O)(=O)N(C)C)C1O)C1=CC(C)C(C)O1. The molecular formula is C20H33N5O4S2. The van der Waals surface area contributed by atoms with Crippen LogP contribution < -0.4 is 10.6 Å². The highest BCUT2D eigenvalue weighted by atomic mass is 32.2. The van der Waals surface area contributed by atoms with Crippen molar-refractivity contribution < 1.29 is 18.3 Å². The summed E-state index contributed by atoms with van der Waals surface area (Å²) in [5, 5.41) is 16.4. The van der Waals surface area contributed by atoms with E-state index in [1.165, 1.54) is 14.1 Å². The average Bonchev–Trinajstić information content (AvgIpc) is 3.26. The Hall–Kier alpha value is -1.69. The minimum Gasteiger partial charge on any atom is -0.493 e. The van der Waals surface area contributed by atoms with E-state index in [0.29, 0.717) is 24.0 Å². The van der Waals surface area contributed by atoms with E-state index in [0.717, 1.165) is 21.8 Å². The van der Waals surface area contributed by atoms with Crippen molar-refractivity contribution in [2.24, 2.45) is 11.8 Å². The Morgan fingerprint density at radius 1 is 1.26 bits per heavy atom. The van der Waals surface area contributed by atoms with Gasteiger partial charge < -0.3 is 20.5 Å². The normalized spacial score (nSPS) is 29.7. The summed E-state index contributed by atoms with van der Waals surface area (Å²) in [6.07, 6.45) is 4.97. The fourth-order valence-electron chi connectivity index (χ4n) is 3.70. The van der Waals surface area contributed by atoms with Gasteiger partial charge in [0.25, 0.3) is 0 Å². The molecule has 0 spiro atoms. The molecule has 2 heterocycles. The molecule has 31 heavy (non-hydrogen) atoms. The van der Waals surface area contributed by atoms with E-state index in [1.54, 1.807) is 12.2 Å². The standard InChI is InChI=1S/C20H33N5O4S2/c1-11(2)17(15-10-12(3)13(4)29-15)22-20-19(23-30-24-20)21-14-8-7-9-16(18(14)26)31(27,28)25(5)6/h7,9-14,16-18,26H,8H2,1-6H3,(H,21,23)(H,22,24). The molecule has 0 fully saturated rings. The van der Waals surface area contributed by atoms with Gasteiger partial charge in [-0.15, -0.1) is 0 Å². The summed E-state index contributed by atoms with van der Waals surface area (Å²) in [4.78, 5) is 0. The molecule has 3 N–H and O–H groups in total. The molecule has 9 nitrogen and oxygen atoms in total. The molecule has 1 aliphatic carbocycles. The van der Waals surface area contributed by atoms with Gasteiger partial charge in [0.15, 0.2) is 11.6 Å². The first-order valence-electron chi connectivity index (χ1n) is 10.5. The molecule has 1 aromatic rings. The number of aliphatic hydroxyl groups is 1. The van der Waals surface area contributed by atoms with Crippen molar-refractivity contribution in [3.63, 3.8) is 0 Å². The number of hydrogen-bond acceptors (Lipinski definition) is 9. The van der Waals surface area contributed by atoms with Crippen LogP contribution in [-0.2, 0) is 14.8 Å². The van der Waals surface area contributed by atoms with Crippen LogP contribution in [0.25, 0.3) is 0 Å². The van der Waals surface area contributed by atoms with Gasteiger partial charge in [-0.05, 0) is 25.3 Å². The van der Waals surface area contributed by atoms with Gasteiger partial charge in [0.2, 0.25) is 10.0 Å². The second-order valence-electron chi connectivity index (χ2n) is 8.78. The Morgan fingerprint density at radius 2 is 1.94 bits per heavy atom. The molecule has 11 heteroatoms. The number of ether oxygens (including phenoxy) is 1. The summed E-state index contributed by atoms with van der Waals surface area (Å²) in [6.45, 7) is 8.39. The lowest BCUT2D eigenvalue weighted by molar-refractivity contribution is 0.120. The van der Waals surface area contributed by atoms with Crippen molar-refractivity contribution in [3.05, 3.63) is 24.0 Å². The minimum absolute atomic E-state index is 0.0742. The smallest absolute Gasteiger partial charge is 0.222 e. The number of aromatic nitrogens is 2. The number of hydrogen-bond donors (Lipinski definition) is 3. The highest BCUT2D eigenvalue weighted by Gasteiger charge is 2.39. The number of rotatable bonds is 8. The highest BCUT2D eigenvalue weighted by Crippen LogP contribution is 2.32. The number of nitrogens with zero attached hydrogens (tertiary/aromatic N) is 3. The van der Waals surface area contributed by atoms with E-state index in [1.807, 2.05) is 0 Å². The summed E-state index contributed by atoms with van der Waals surface area (Å²) in [5.41, 5.74) is 0. The molecule has 6 atom stereocenters. The first-order chi connectivity index (χ1) is 14.5. The molecule has 1 aliphatic heterocycles. The first-order valence-corrected chi connectivity index (χ1v) is 12.8. The molecule has 174 valence electrons. The molecule has 0 saturated heterocycles. The maximum atomic E-state index is 12.6. The quantitative estimate of drug-likeness (QED) is 0.495. The van der Waals surface area contributed by atoms with E-state index >= 15 is 0 Å². The lowest BCUT2D eigenvalue weighted by Gasteiger charge is -2.33. The number of aliphatic hydroxyl groups excluding tert-OH is 1. The lowest BCUT2D eigenvalue weighted by Crippen LogP contribution is -2.49. The van der Waals surface area contributed by atoms with Gasteiger partial charge in [-0.25, -0.2) is 12.7 Å². The molecule has 0 aromatic carbocycles. The van der Waals surface area contributed by atoms with Gasteiger partial charge in [-0.1, -0.05) is 32.9 Å². The van der Waals surface area contributed by atoms with E-state index in [4.69, 9.17) is 4.74 Å². The maximum Gasteiger partial charge on any atom is 0.222 e. The van der Waals surface area contributed by atoms with Crippen molar-refractivity contribution >= 4 is 33.4 Å². The lowest BCUT2D eigenvalue weighted by atomic mass is 9.98. The maximum absolute atomic E-state index is 12.6. The van der Waals surface area contributed by atoms with Gasteiger partial charge in [0, 0.05) is 20.0 Å². The third kappa shape index (κ3) is 5.05. The van der Waals surface area contributed by atoms with Gasteiger partial charge in [0.05, 0.1) is 29.9 Å². The first kappa shape index (κ1) is 24.0. The number of nitrogens with one attached hydrogen (secondary N) is 2. The Labute approximate surface area is 188 Å². The molecule has 6 unspecified atom stereocenters. The third-order valence-electron chi connectivity index (χ3n) is 5.88. The van der Waals surface area contributed by atoms with Gasteiger partial charge >= 0.3 is 0 Å². The average molecular weight is 472 g/mol. The summed E-state index contributed by atoms with van der Waals surface area (Å²) in [5.74, 6) is 2.54. The Kier molecular flexibility index (Phi) is 7.29. The van der Waals surface area contributed by atoms with Crippen LogP contribution in [0.5, 0.6) is 0 Å². The summed E-state index contributed by atoms with van der Waals surface area (Å²) >= 11 is 1.05. The van der Waals surface area contributed by atoms with Crippen molar-refractivity contribution in [1.29, 1.82) is 0 Å². The fourth-order valence-corrected chi connectivity index (χ4v) is 5.53. The zero-order valence-electron chi connectivity index (χ0n) is 18.8. The Balaban J connectivity index is 1.76. The van der Waals surface area contributed by atoms with E-state index in [-0.39, 0.29) is 18.1 Å². The molecule has 3 rings (SSSR count). The largest absolute Gasteiger partial charge is 0.493 e. The molecule has 1 aromatic heterocycles. The minimum atomic E-state index is -3.64. The van der Waals surface area contributed by atoms with Crippen LogP contribution in [0.4, 0.5) is 11.6 Å². The van der Waals surface area contributed by atoms with Crippen LogP contribution in [0.15, 0.2) is 24.0 Å². The Morgan fingerprint density at radius 3 is 2.52 bits per heavy atom. The topological polar surface area (TPSA) is 117 Å². The van der Waals surface area contributed by atoms with Crippen molar-refractivity contribution in [2.45, 2.75) is 63.7 Å². The highest BCUT2D eigenvalue weighted by molar-refractivity contribution is 7.89. The van der Waals surface area contributed by atoms with Crippen LogP contribution in [-0.4, -0.2) is 70.2 Å². The zero-order chi connectivity index (χ0) is 22.9. The number of sulfonamides is 1. The van der Waals surface area contributed by atoms with Crippen LogP contribution >= 0.6 is 11.7 Å². The fraction of sp³-hybridized carbons (Fsp3) is 0.700. The van der Waals surface area contributed by atoms with E-state index in [2.05, 4.69) is 53.2 Å². The van der Waals surface area contributed by atoms with Crippen LogP contribution in [0.3, 0.4) is 0 Å².